The Morgan fingerprint density at radius 2 is 1.68 bits per heavy atom. The molecule has 2 rings (SSSR count). The highest BCUT2D eigenvalue weighted by atomic mass is 32.2. The molecule has 0 aliphatic heterocycles. The first-order valence-corrected chi connectivity index (χ1v) is 14.7. The smallest absolute Gasteiger partial charge is 0.226 e. The molecule has 3 unspecified atom stereocenters. The van der Waals surface area contributed by atoms with Crippen LogP contribution < -0.4 is 32.0 Å². The Morgan fingerprint density at radius 1 is 1.08 bits per heavy atom. The molecule has 0 saturated heterocycles. The molecule has 0 spiro atoms. The van der Waals surface area contributed by atoms with E-state index in [9.17, 15) is 9.90 Å². The molecule has 0 aliphatic rings. The maximum atomic E-state index is 12.3. The number of hydrogen-bond acceptors (Lipinski definition) is 11. The molecule has 0 aliphatic carbocycles. The fraction of sp³-hybridized carbons (Fsp3) is 0.400. The molecular weight excluding hydrogens is 545 g/mol. The number of thioether (sulfide) groups is 3. The van der Waals surface area contributed by atoms with Gasteiger partial charge in [-0.2, -0.15) is 11.8 Å². The largest absolute Gasteiger partial charge is 0.496 e. The standard InChI is InChI=1S/C25H36N6O4S3/c1-34-18-9-5-3-7-16(18)13-22(32)30-24(28)37-20(26)11-12-36-15-21(27)38-25(29)31-23(33)14-17-8-4-6-10-19(17)35-2/h3-10,21-22,25-26,32H,11-15,27,29H2,1-2H3,(H2,28,30)(H,31,33). The van der Waals surface area contributed by atoms with E-state index in [2.05, 4.69) is 10.3 Å². The third-order valence-electron chi connectivity index (χ3n) is 5.02. The van der Waals surface area contributed by atoms with Crippen molar-refractivity contribution in [2.24, 2.45) is 22.2 Å². The number of carbonyl (C=O) groups is 1. The number of amides is 1. The molecule has 0 fully saturated rings. The van der Waals surface area contributed by atoms with Gasteiger partial charge in [0, 0.05) is 24.2 Å². The highest BCUT2D eigenvalue weighted by Crippen LogP contribution is 2.21. The molecule has 0 radical (unpaired) electrons. The Morgan fingerprint density at radius 3 is 2.34 bits per heavy atom. The lowest BCUT2D eigenvalue weighted by molar-refractivity contribution is -0.120. The predicted octanol–water partition coefficient (Wildman–Crippen LogP) is 2.33. The van der Waals surface area contributed by atoms with Crippen molar-refractivity contribution in [2.75, 3.05) is 25.7 Å². The van der Waals surface area contributed by atoms with E-state index in [0.717, 1.165) is 22.9 Å². The summed E-state index contributed by atoms with van der Waals surface area (Å²) < 4.78 is 10.6. The average molecular weight is 581 g/mol. The average Bonchev–Trinajstić information content (AvgIpc) is 2.86. The van der Waals surface area contributed by atoms with Crippen LogP contribution in [-0.4, -0.2) is 64.0 Å². The van der Waals surface area contributed by atoms with E-state index in [1.54, 1.807) is 32.0 Å². The molecule has 2 aromatic carbocycles. The third kappa shape index (κ3) is 12.0. The highest BCUT2D eigenvalue weighted by Gasteiger charge is 2.15. The van der Waals surface area contributed by atoms with Crippen LogP contribution in [0.3, 0.4) is 0 Å². The topological polar surface area (TPSA) is 182 Å². The molecule has 0 saturated carbocycles. The van der Waals surface area contributed by atoms with Crippen LogP contribution in [0.2, 0.25) is 0 Å². The summed E-state index contributed by atoms with van der Waals surface area (Å²) >= 11 is 3.86. The lowest BCUT2D eigenvalue weighted by atomic mass is 10.1. The molecular formula is C25H36N6O4S3. The first-order chi connectivity index (χ1) is 18.2. The van der Waals surface area contributed by atoms with E-state index in [1.165, 1.54) is 11.8 Å². The quantitative estimate of drug-likeness (QED) is 0.0791. The number of nitrogens with zero attached hydrogens (tertiary/aromatic N) is 1. The van der Waals surface area contributed by atoms with Gasteiger partial charge in [0.25, 0.3) is 0 Å². The minimum Gasteiger partial charge on any atom is -0.496 e. The number of para-hydroxylation sites is 2. The van der Waals surface area contributed by atoms with Crippen molar-refractivity contribution >= 4 is 51.4 Å². The number of aliphatic hydroxyl groups excluding tert-OH is 1. The maximum Gasteiger partial charge on any atom is 0.226 e. The van der Waals surface area contributed by atoms with Crippen LogP contribution in [0.4, 0.5) is 0 Å². The van der Waals surface area contributed by atoms with Crippen LogP contribution in [0.15, 0.2) is 53.5 Å². The van der Waals surface area contributed by atoms with Gasteiger partial charge in [0.15, 0.2) is 11.4 Å². The number of nitrogens with one attached hydrogen (secondary N) is 2. The first-order valence-electron chi connectivity index (χ1n) is 11.8. The number of aliphatic hydroxyl groups is 1. The van der Waals surface area contributed by atoms with Gasteiger partial charge in [0.1, 0.15) is 17.0 Å². The van der Waals surface area contributed by atoms with Crippen molar-refractivity contribution in [1.82, 2.24) is 5.32 Å². The number of hydrogen-bond donors (Lipinski definition) is 6. The van der Waals surface area contributed by atoms with Gasteiger partial charge in [-0.15, -0.1) is 11.8 Å². The van der Waals surface area contributed by atoms with E-state index < -0.39 is 11.7 Å². The maximum absolute atomic E-state index is 12.3. The molecule has 0 heterocycles. The van der Waals surface area contributed by atoms with E-state index >= 15 is 0 Å². The van der Waals surface area contributed by atoms with Crippen molar-refractivity contribution in [2.45, 2.75) is 36.4 Å². The van der Waals surface area contributed by atoms with Gasteiger partial charge in [0.2, 0.25) is 5.91 Å². The summed E-state index contributed by atoms with van der Waals surface area (Å²) in [5, 5.41) is 21.3. The molecule has 2 aromatic rings. The SMILES string of the molecule is COc1ccccc1CC(=O)NC(N)SC(N)CSCCC(=N)S/C(N)=N\C(O)Cc1ccccc1OC. The van der Waals surface area contributed by atoms with Gasteiger partial charge in [-0.05, 0) is 35.2 Å². The minimum absolute atomic E-state index is 0.129. The van der Waals surface area contributed by atoms with Crippen molar-refractivity contribution in [3.63, 3.8) is 0 Å². The second kappa shape index (κ2) is 17.2. The number of benzene rings is 2. The fourth-order valence-electron chi connectivity index (χ4n) is 3.32. The van der Waals surface area contributed by atoms with E-state index in [1.807, 2.05) is 42.5 Å². The normalized spacial score (nSPS) is 13.9. The molecule has 0 aromatic heterocycles. The van der Waals surface area contributed by atoms with Gasteiger partial charge in [-0.3, -0.25) is 10.2 Å². The van der Waals surface area contributed by atoms with E-state index in [-0.39, 0.29) is 29.3 Å². The summed E-state index contributed by atoms with van der Waals surface area (Å²) in [5.74, 6) is 2.36. The summed E-state index contributed by atoms with van der Waals surface area (Å²) in [6, 6.07) is 14.7. The Hall–Kier alpha value is -2.42. The Bertz CT molecular complexity index is 1070. The summed E-state index contributed by atoms with van der Waals surface area (Å²) in [6.07, 6.45) is -0.137. The Labute approximate surface area is 236 Å². The summed E-state index contributed by atoms with van der Waals surface area (Å²) in [7, 11) is 3.13. The second-order valence-electron chi connectivity index (χ2n) is 7.97. The van der Waals surface area contributed by atoms with Crippen molar-refractivity contribution in [3.8, 4) is 11.5 Å². The minimum atomic E-state index is -1.03. The summed E-state index contributed by atoms with van der Waals surface area (Å²) in [5.41, 5.74) is 19.0. The van der Waals surface area contributed by atoms with Gasteiger partial charge in [-0.25, -0.2) is 4.99 Å². The lowest BCUT2D eigenvalue weighted by Crippen LogP contribution is -2.42. The van der Waals surface area contributed by atoms with Gasteiger partial charge in [0.05, 0.1) is 31.1 Å². The van der Waals surface area contributed by atoms with Crippen LogP contribution >= 0.6 is 35.3 Å². The first kappa shape index (κ1) is 31.8. The second-order valence-corrected chi connectivity index (χ2v) is 11.6. The van der Waals surface area contributed by atoms with Crippen molar-refractivity contribution in [1.29, 1.82) is 5.41 Å². The molecule has 0 bridgehead atoms. The van der Waals surface area contributed by atoms with Gasteiger partial charge >= 0.3 is 0 Å². The molecule has 9 N–H and O–H groups in total. The molecule has 38 heavy (non-hydrogen) atoms. The van der Waals surface area contributed by atoms with Crippen LogP contribution in [0, 0.1) is 5.41 Å². The zero-order valence-corrected chi connectivity index (χ0v) is 23.9. The summed E-state index contributed by atoms with van der Waals surface area (Å²) in [4.78, 5) is 16.4. The van der Waals surface area contributed by atoms with Crippen LogP contribution in [-0.2, 0) is 17.6 Å². The molecule has 10 nitrogen and oxygen atoms in total. The zero-order valence-electron chi connectivity index (χ0n) is 21.5. The molecule has 1 amide bonds. The monoisotopic (exact) mass is 580 g/mol. The number of rotatable bonds is 15. The zero-order chi connectivity index (χ0) is 27.9. The Kier molecular flexibility index (Phi) is 14.4. The van der Waals surface area contributed by atoms with Crippen LogP contribution in [0.1, 0.15) is 17.5 Å². The van der Waals surface area contributed by atoms with Crippen molar-refractivity contribution < 1.29 is 19.4 Å². The van der Waals surface area contributed by atoms with E-state index in [0.29, 0.717) is 34.5 Å². The van der Waals surface area contributed by atoms with Crippen molar-refractivity contribution in [3.05, 3.63) is 59.7 Å². The fourth-order valence-corrected chi connectivity index (χ4v) is 6.01. The van der Waals surface area contributed by atoms with Gasteiger partial charge < -0.3 is 37.1 Å². The Balaban J connectivity index is 1.64. The molecule has 208 valence electrons. The highest BCUT2D eigenvalue weighted by molar-refractivity contribution is 8.26. The molecule has 3 atom stereocenters. The number of ether oxygens (including phenoxy) is 2. The number of nitrogens with two attached hydrogens (primary N) is 3. The summed E-state index contributed by atoms with van der Waals surface area (Å²) in [6.45, 7) is 0. The number of aliphatic imine (C=N–C) groups is 1. The number of methoxy groups -OCH3 is 2. The van der Waals surface area contributed by atoms with Crippen LogP contribution in [0.5, 0.6) is 11.5 Å². The number of carbonyl (C=O) groups excluding carboxylic acids is 1. The molecule has 13 heteroatoms. The third-order valence-corrected chi connectivity index (χ3v) is 8.01. The van der Waals surface area contributed by atoms with Crippen LogP contribution in [0.25, 0.3) is 0 Å². The number of amidine groups is 1. The van der Waals surface area contributed by atoms with Gasteiger partial charge in [-0.1, -0.05) is 36.4 Å². The lowest BCUT2D eigenvalue weighted by Gasteiger charge is -2.18. The predicted molar refractivity (Wildman–Crippen MR) is 160 cm³/mol. The van der Waals surface area contributed by atoms with E-state index in [4.69, 9.17) is 32.1 Å².